The zero-order valence-electron chi connectivity index (χ0n) is 17.2. The van der Waals surface area contributed by atoms with Crippen molar-refractivity contribution in [2.75, 3.05) is 27.3 Å². The van der Waals surface area contributed by atoms with Gasteiger partial charge in [0.25, 0.3) is 0 Å². The van der Waals surface area contributed by atoms with Gasteiger partial charge in [0.15, 0.2) is 17.3 Å². The SMILES string of the molecule is COc1ccc(C(c2nnnn2C2CCCC2)N2CCC(C)CC2)cc1OC. The first kappa shape index (κ1) is 19.2. The summed E-state index contributed by atoms with van der Waals surface area (Å²) in [5.41, 5.74) is 1.15. The van der Waals surface area contributed by atoms with Crippen LogP contribution in [0.2, 0.25) is 0 Å². The summed E-state index contributed by atoms with van der Waals surface area (Å²) in [6.07, 6.45) is 7.24. The Labute approximate surface area is 167 Å². The summed E-state index contributed by atoms with van der Waals surface area (Å²) in [5, 5.41) is 13.0. The Morgan fingerprint density at radius 3 is 2.39 bits per heavy atom. The second-order valence-electron chi connectivity index (χ2n) is 8.16. The highest BCUT2D eigenvalue weighted by Gasteiger charge is 2.33. The van der Waals surface area contributed by atoms with Crippen molar-refractivity contribution >= 4 is 0 Å². The molecule has 0 N–H and O–H groups in total. The first-order valence-electron chi connectivity index (χ1n) is 10.4. The van der Waals surface area contributed by atoms with E-state index in [1.54, 1.807) is 14.2 Å². The molecule has 1 aliphatic carbocycles. The van der Waals surface area contributed by atoms with Gasteiger partial charge in [0.05, 0.1) is 26.3 Å². The highest BCUT2D eigenvalue weighted by molar-refractivity contribution is 5.45. The minimum absolute atomic E-state index is 0.0305. The molecule has 152 valence electrons. The van der Waals surface area contributed by atoms with E-state index in [0.717, 1.165) is 54.7 Å². The zero-order chi connectivity index (χ0) is 19.5. The van der Waals surface area contributed by atoms with Gasteiger partial charge in [-0.25, -0.2) is 4.68 Å². The third kappa shape index (κ3) is 3.72. The van der Waals surface area contributed by atoms with Crippen LogP contribution in [0.15, 0.2) is 18.2 Å². The standard InChI is InChI=1S/C21H31N5O2/c1-15-10-12-25(13-11-15)20(16-8-9-18(27-2)19(14-16)28-3)21-22-23-24-26(21)17-6-4-5-7-17/h8-9,14-15,17,20H,4-7,10-13H2,1-3H3. The number of piperidine rings is 1. The molecule has 0 spiro atoms. The van der Waals surface area contributed by atoms with Crippen molar-refractivity contribution in [2.24, 2.45) is 5.92 Å². The van der Waals surface area contributed by atoms with Gasteiger partial charge in [0.1, 0.15) is 0 Å². The molecule has 1 aromatic heterocycles. The van der Waals surface area contributed by atoms with Crippen molar-refractivity contribution in [3.63, 3.8) is 0 Å². The molecule has 28 heavy (non-hydrogen) atoms. The van der Waals surface area contributed by atoms with Crippen LogP contribution in [-0.4, -0.2) is 52.4 Å². The Bertz CT molecular complexity index is 779. The van der Waals surface area contributed by atoms with E-state index in [0.29, 0.717) is 6.04 Å². The third-order valence-electron chi connectivity index (χ3n) is 6.34. The Kier molecular flexibility index (Phi) is 5.80. The number of ether oxygens (including phenoxy) is 2. The summed E-state index contributed by atoms with van der Waals surface area (Å²) in [4.78, 5) is 2.53. The summed E-state index contributed by atoms with van der Waals surface area (Å²) >= 11 is 0. The molecule has 0 bridgehead atoms. The highest BCUT2D eigenvalue weighted by Crippen LogP contribution is 2.38. The van der Waals surface area contributed by atoms with E-state index >= 15 is 0 Å². The molecule has 0 amide bonds. The Balaban J connectivity index is 1.74. The lowest BCUT2D eigenvalue weighted by Gasteiger charge is -2.36. The molecular formula is C21H31N5O2. The van der Waals surface area contributed by atoms with Crippen molar-refractivity contribution < 1.29 is 9.47 Å². The molecule has 1 aliphatic heterocycles. The van der Waals surface area contributed by atoms with E-state index in [1.807, 2.05) is 6.07 Å². The normalized spacial score (nSPS) is 20.4. The highest BCUT2D eigenvalue weighted by atomic mass is 16.5. The predicted octanol–water partition coefficient (Wildman–Crippen LogP) is 3.63. The largest absolute Gasteiger partial charge is 0.493 e. The van der Waals surface area contributed by atoms with Crippen molar-refractivity contribution in [3.8, 4) is 11.5 Å². The van der Waals surface area contributed by atoms with Gasteiger partial charge in [0.2, 0.25) is 0 Å². The number of hydrogen-bond donors (Lipinski definition) is 0. The van der Waals surface area contributed by atoms with Crippen molar-refractivity contribution in [1.82, 2.24) is 25.1 Å². The van der Waals surface area contributed by atoms with Gasteiger partial charge in [-0.2, -0.15) is 0 Å². The predicted molar refractivity (Wildman–Crippen MR) is 107 cm³/mol. The van der Waals surface area contributed by atoms with Crippen LogP contribution >= 0.6 is 0 Å². The van der Waals surface area contributed by atoms with E-state index in [1.165, 1.54) is 25.7 Å². The van der Waals surface area contributed by atoms with Crippen LogP contribution in [0.3, 0.4) is 0 Å². The number of methoxy groups -OCH3 is 2. The van der Waals surface area contributed by atoms with E-state index < -0.39 is 0 Å². The minimum atomic E-state index is 0.0305. The van der Waals surface area contributed by atoms with Gasteiger partial charge in [-0.05, 0) is 72.8 Å². The molecule has 7 heteroatoms. The Hall–Kier alpha value is -2.15. The topological polar surface area (TPSA) is 65.3 Å². The minimum Gasteiger partial charge on any atom is -0.493 e. The number of tetrazole rings is 1. The summed E-state index contributed by atoms with van der Waals surface area (Å²) in [7, 11) is 3.35. The summed E-state index contributed by atoms with van der Waals surface area (Å²) in [5.74, 6) is 3.21. The number of aromatic nitrogens is 4. The molecule has 7 nitrogen and oxygen atoms in total. The second kappa shape index (κ2) is 8.47. The second-order valence-corrected chi connectivity index (χ2v) is 8.16. The third-order valence-corrected chi connectivity index (χ3v) is 6.34. The van der Waals surface area contributed by atoms with E-state index in [2.05, 4.69) is 44.2 Å². The lowest BCUT2D eigenvalue weighted by atomic mass is 9.95. The van der Waals surface area contributed by atoms with Gasteiger partial charge < -0.3 is 9.47 Å². The average molecular weight is 386 g/mol. The average Bonchev–Trinajstić information content (AvgIpc) is 3.41. The van der Waals surface area contributed by atoms with Gasteiger partial charge >= 0.3 is 0 Å². The summed E-state index contributed by atoms with van der Waals surface area (Å²) in [6, 6.07) is 6.63. The molecule has 1 unspecified atom stereocenters. The summed E-state index contributed by atoms with van der Waals surface area (Å²) in [6.45, 7) is 4.45. The Morgan fingerprint density at radius 1 is 1.00 bits per heavy atom. The molecule has 0 radical (unpaired) electrons. The smallest absolute Gasteiger partial charge is 0.173 e. The molecule has 1 saturated carbocycles. The lowest BCUT2D eigenvalue weighted by Crippen LogP contribution is -2.38. The molecular weight excluding hydrogens is 354 g/mol. The Morgan fingerprint density at radius 2 is 1.71 bits per heavy atom. The number of likely N-dealkylation sites (tertiary alicyclic amines) is 1. The number of nitrogens with zero attached hydrogens (tertiary/aromatic N) is 5. The summed E-state index contributed by atoms with van der Waals surface area (Å²) < 4.78 is 13.1. The first-order chi connectivity index (χ1) is 13.7. The van der Waals surface area contributed by atoms with Crippen molar-refractivity contribution in [3.05, 3.63) is 29.6 Å². The number of hydrogen-bond acceptors (Lipinski definition) is 6. The van der Waals surface area contributed by atoms with E-state index in [4.69, 9.17) is 9.47 Å². The number of rotatable bonds is 6. The molecule has 4 rings (SSSR count). The van der Waals surface area contributed by atoms with Crippen LogP contribution in [0.25, 0.3) is 0 Å². The maximum Gasteiger partial charge on any atom is 0.173 e. The zero-order valence-corrected chi connectivity index (χ0v) is 17.2. The molecule has 2 aromatic rings. The van der Waals surface area contributed by atoms with Crippen LogP contribution in [0, 0.1) is 5.92 Å². The van der Waals surface area contributed by atoms with Gasteiger partial charge in [-0.15, -0.1) is 5.10 Å². The maximum atomic E-state index is 5.58. The van der Waals surface area contributed by atoms with Crippen LogP contribution < -0.4 is 9.47 Å². The van der Waals surface area contributed by atoms with Crippen molar-refractivity contribution in [1.29, 1.82) is 0 Å². The quantitative estimate of drug-likeness (QED) is 0.757. The van der Waals surface area contributed by atoms with Crippen LogP contribution in [0.5, 0.6) is 11.5 Å². The molecule has 2 heterocycles. The molecule has 2 fully saturated rings. The maximum absolute atomic E-state index is 5.58. The fourth-order valence-electron chi connectivity index (χ4n) is 4.62. The molecule has 1 atom stereocenters. The fourth-order valence-corrected chi connectivity index (χ4v) is 4.62. The van der Waals surface area contributed by atoms with Crippen LogP contribution in [0.1, 0.15) is 68.9 Å². The molecule has 2 aliphatic rings. The van der Waals surface area contributed by atoms with Crippen molar-refractivity contribution in [2.45, 2.75) is 57.5 Å². The first-order valence-corrected chi connectivity index (χ1v) is 10.4. The van der Waals surface area contributed by atoms with Gasteiger partial charge in [-0.1, -0.05) is 25.8 Å². The fraction of sp³-hybridized carbons (Fsp3) is 0.667. The molecule has 1 aromatic carbocycles. The van der Waals surface area contributed by atoms with E-state index in [9.17, 15) is 0 Å². The monoisotopic (exact) mass is 385 g/mol. The van der Waals surface area contributed by atoms with Crippen LogP contribution in [-0.2, 0) is 0 Å². The van der Waals surface area contributed by atoms with Crippen LogP contribution in [0.4, 0.5) is 0 Å². The van der Waals surface area contributed by atoms with Gasteiger partial charge in [0, 0.05) is 0 Å². The van der Waals surface area contributed by atoms with E-state index in [-0.39, 0.29) is 6.04 Å². The lowest BCUT2D eigenvalue weighted by molar-refractivity contribution is 0.148. The van der Waals surface area contributed by atoms with Gasteiger partial charge in [-0.3, -0.25) is 4.90 Å². The molecule has 1 saturated heterocycles. The number of benzene rings is 1.